The first-order valence-corrected chi connectivity index (χ1v) is 9.78. The van der Waals surface area contributed by atoms with Crippen LogP contribution in [0.15, 0.2) is 72.2 Å². The van der Waals surface area contributed by atoms with Crippen LogP contribution in [0.4, 0.5) is 14.5 Å². The van der Waals surface area contributed by atoms with Gasteiger partial charge in [0, 0.05) is 54.6 Å². The Hall–Kier alpha value is -4.12. The first-order valence-electron chi connectivity index (χ1n) is 9.40. The highest BCUT2D eigenvalue weighted by atomic mass is 35.5. The van der Waals surface area contributed by atoms with E-state index in [1.807, 2.05) is 0 Å². The Morgan fingerprint density at radius 2 is 1.94 bits per heavy atom. The molecule has 0 saturated carbocycles. The second-order valence-corrected chi connectivity index (χ2v) is 7.24. The van der Waals surface area contributed by atoms with Gasteiger partial charge in [-0.15, -0.1) is 8.78 Å². The first kappa shape index (κ1) is 22.1. The standard InChI is InChI=1S/C21H15ClF2N6O3/c1-29-12-26-17(10-18(29)31)16-9-13(11-25-19(16)30-8-2-7-27-30)20(32)28-14-3-5-15(6-4-14)33-21(22,23)24/h2-12H,1H3,(H,28,32). The van der Waals surface area contributed by atoms with Gasteiger partial charge in [-0.2, -0.15) is 5.10 Å². The molecule has 0 aliphatic heterocycles. The molecule has 3 aromatic heterocycles. The molecule has 3 heterocycles. The lowest BCUT2D eigenvalue weighted by molar-refractivity contribution is -0.0964. The van der Waals surface area contributed by atoms with Crippen molar-refractivity contribution in [2.45, 2.75) is 5.57 Å². The van der Waals surface area contributed by atoms with E-state index in [-0.39, 0.29) is 16.9 Å². The lowest BCUT2D eigenvalue weighted by Crippen LogP contribution is -2.17. The fourth-order valence-corrected chi connectivity index (χ4v) is 2.99. The number of carbonyl (C=O) groups excluding carboxylic acids is 1. The van der Waals surface area contributed by atoms with Gasteiger partial charge >= 0.3 is 5.57 Å². The quantitative estimate of drug-likeness (QED) is 0.431. The number of pyridine rings is 1. The van der Waals surface area contributed by atoms with Crippen LogP contribution in [-0.2, 0) is 7.05 Å². The molecule has 0 radical (unpaired) electrons. The normalized spacial score (nSPS) is 11.3. The number of halogens is 3. The Kier molecular flexibility index (Phi) is 5.88. The van der Waals surface area contributed by atoms with Crippen LogP contribution in [0.2, 0.25) is 0 Å². The number of hydrogen-bond donors (Lipinski definition) is 1. The van der Waals surface area contributed by atoms with Crippen LogP contribution >= 0.6 is 11.6 Å². The van der Waals surface area contributed by atoms with Gasteiger partial charge in [-0.25, -0.2) is 14.6 Å². The molecule has 4 rings (SSSR count). The summed E-state index contributed by atoms with van der Waals surface area (Å²) in [5.74, 6) is -0.311. The number of nitrogens with one attached hydrogen (secondary N) is 1. The number of aromatic nitrogens is 5. The summed E-state index contributed by atoms with van der Waals surface area (Å²) in [5.41, 5.74) is -2.89. The molecule has 168 valence electrons. The summed E-state index contributed by atoms with van der Waals surface area (Å²) in [6, 6.07) is 9.80. The van der Waals surface area contributed by atoms with E-state index >= 15 is 0 Å². The van der Waals surface area contributed by atoms with Crippen molar-refractivity contribution in [2.75, 3.05) is 5.32 Å². The number of aryl methyl sites for hydroxylation is 1. The third-order valence-corrected chi connectivity index (χ3v) is 4.53. The molecule has 0 fully saturated rings. The summed E-state index contributed by atoms with van der Waals surface area (Å²) in [5, 5.41) is 6.79. The van der Waals surface area contributed by atoms with E-state index < -0.39 is 11.5 Å². The molecule has 1 N–H and O–H groups in total. The molecule has 0 atom stereocenters. The maximum Gasteiger partial charge on any atom is 0.487 e. The highest BCUT2D eigenvalue weighted by Gasteiger charge is 2.27. The minimum atomic E-state index is -3.84. The summed E-state index contributed by atoms with van der Waals surface area (Å²) < 4.78 is 32.5. The van der Waals surface area contributed by atoms with E-state index in [0.717, 1.165) is 0 Å². The molecule has 1 aromatic carbocycles. The number of ether oxygens (including phenoxy) is 1. The van der Waals surface area contributed by atoms with Crippen molar-refractivity contribution in [3.05, 3.63) is 83.3 Å². The number of anilines is 1. The lowest BCUT2D eigenvalue weighted by Gasteiger charge is -2.12. The average molecular weight is 473 g/mol. The van der Waals surface area contributed by atoms with Crippen LogP contribution in [0.25, 0.3) is 17.1 Å². The number of amides is 1. The minimum absolute atomic E-state index is 0.169. The van der Waals surface area contributed by atoms with E-state index in [0.29, 0.717) is 22.8 Å². The largest absolute Gasteiger partial charge is 0.487 e. The Labute approximate surface area is 190 Å². The number of carbonyl (C=O) groups is 1. The lowest BCUT2D eigenvalue weighted by atomic mass is 10.1. The zero-order valence-corrected chi connectivity index (χ0v) is 17.7. The summed E-state index contributed by atoms with van der Waals surface area (Å²) in [6.07, 6.45) is 5.95. The number of benzene rings is 1. The van der Waals surface area contributed by atoms with E-state index in [1.54, 1.807) is 25.5 Å². The SMILES string of the molecule is Cn1cnc(-c2cc(C(=O)Nc3ccc(OC(F)(F)Cl)cc3)cnc2-n2cccn2)cc1=O. The first-order chi connectivity index (χ1) is 15.7. The topological polar surface area (TPSA) is 104 Å². The molecule has 0 bridgehead atoms. The van der Waals surface area contributed by atoms with E-state index in [4.69, 9.17) is 11.6 Å². The molecule has 33 heavy (non-hydrogen) atoms. The van der Waals surface area contributed by atoms with Gasteiger partial charge in [-0.05, 0) is 36.4 Å². The Morgan fingerprint density at radius 3 is 2.58 bits per heavy atom. The van der Waals surface area contributed by atoms with E-state index in [1.165, 1.54) is 58.2 Å². The van der Waals surface area contributed by atoms with Gasteiger partial charge in [0.1, 0.15) is 5.75 Å². The summed E-state index contributed by atoms with van der Waals surface area (Å²) in [6.45, 7) is 0. The Bertz CT molecular complexity index is 1350. The van der Waals surface area contributed by atoms with Crippen molar-refractivity contribution in [3.63, 3.8) is 0 Å². The zero-order valence-electron chi connectivity index (χ0n) is 16.9. The van der Waals surface area contributed by atoms with Crippen molar-refractivity contribution >= 4 is 23.2 Å². The zero-order chi connectivity index (χ0) is 23.6. The molecule has 0 spiro atoms. The fourth-order valence-electron chi connectivity index (χ4n) is 2.90. The Morgan fingerprint density at radius 1 is 1.18 bits per heavy atom. The Balaban J connectivity index is 1.65. The highest BCUT2D eigenvalue weighted by molar-refractivity contribution is 6.20. The van der Waals surface area contributed by atoms with Crippen molar-refractivity contribution < 1.29 is 18.3 Å². The van der Waals surface area contributed by atoms with Gasteiger partial charge < -0.3 is 14.6 Å². The number of hydrogen-bond acceptors (Lipinski definition) is 6. The maximum absolute atomic E-state index is 12.8. The van der Waals surface area contributed by atoms with E-state index in [9.17, 15) is 18.4 Å². The average Bonchev–Trinajstić information content (AvgIpc) is 3.30. The van der Waals surface area contributed by atoms with Crippen molar-refractivity contribution in [2.24, 2.45) is 7.05 Å². The monoisotopic (exact) mass is 472 g/mol. The van der Waals surface area contributed by atoms with Crippen LogP contribution in [0.3, 0.4) is 0 Å². The third-order valence-electron chi connectivity index (χ3n) is 4.45. The molecule has 1 amide bonds. The molecular weight excluding hydrogens is 458 g/mol. The summed E-state index contributed by atoms with van der Waals surface area (Å²) >= 11 is 4.74. The van der Waals surface area contributed by atoms with Gasteiger partial charge in [0.05, 0.1) is 17.6 Å². The molecule has 12 heteroatoms. The van der Waals surface area contributed by atoms with Gasteiger partial charge in [0.2, 0.25) is 0 Å². The molecule has 4 aromatic rings. The van der Waals surface area contributed by atoms with E-state index in [2.05, 4.69) is 25.1 Å². The van der Waals surface area contributed by atoms with Crippen molar-refractivity contribution in [3.8, 4) is 22.8 Å². The van der Waals surface area contributed by atoms with Crippen LogP contribution < -0.4 is 15.6 Å². The predicted octanol–water partition coefficient (Wildman–Crippen LogP) is 3.45. The third kappa shape index (κ3) is 5.21. The van der Waals surface area contributed by atoms with Crippen molar-refractivity contribution in [1.82, 2.24) is 24.3 Å². The number of alkyl halides is 3. The van der Waals surface area contributed by atoms with Crippen molar-refractivity contribution in [1.29, 1.82) is 0 Å². The highest BCUT2D eigenvalue weighted by Crippen LogP contribution is 2.27. The smallest absolute Gasteiger partial charge is 0.420 e. The number of rotatable bonds is 6. The molecule has 0 aliphatic carbocycles. The second kappa shape index (κ2) is 8.79. The number of nitrogens with zero attached hydrogens (tertiary/aromatic N) is 5. The predicted molar refractivity (Wildman–Crippen MR) is 116 cm³/mol. The van der Waals surface area contributed by atoms with Crippen LogP contribution in [-0.4, -0.2) is 35.8 Å². The molecular formula is C21H15ClF2N6O3. The van der Waals surface area contributed by atoms with Crippen LogP contribution in [0.5, 0.6) is 5.75 Å². The molecule has 0 unspecified atom stereocenters. The summed E-state index contributed by atoms with van der Waals surface area (Å²) in [7, 11) is 1.57. The van der Waals surface area contributed by atoms with Gasteiger partial charge in [-0.1, -0.05) is 0 Å². The summed E-state index contributed by atoms with van der Waals surface area (Å²) in [4.78, 5) is 33.5. The molecule has 9 nitrogen and oxygen atoms in total. The molecule has 0 aliphatic rings. The van der Waals surface area contributed by atoms with Crippen LogP contribution in [0.1, 0.15) is 10.4 Å². The molecule has 0 saturated heterocycles. The van der Waals surface area contributed by atoms with Gasteiger partial charge in [0.15, 0.2) is 5.82 Å². The maximum atomic E-state index is 12.8. The second-order valence-electron chi connectivity index (χ2n) is 6.80. The van der Waals surface area contributed by atoms with Gasteiger partial charge in [0.25, 0.3) is 11.5 Å². The minimum Gasteiger partial charge on any atom is -0.420 e. The fraction of sp³-hybridized carbons (Fsp3) is 0.0952. The van der Waals surface area contributed by atoms with Crippen LogP contribution in [0, 0.1) is 0 Å². The van der Waals surface area contributed by atoms with Gasteiger partial charge in [-0.3, -0.25) is 9.59 Å².